The average Bonchev–Trinajstić information content (AvgIpc) is 3.42. The van der Waals surface area contributed by atoms with E-state index in [0.29, 0.717) is 28.5 Å². The number of halogens is 3. The van der Waals surface area contributed by atoms with E-state index in [1.54, 1.807) is 43.3 Å². The van der Waals surface area contributed by atoms with Gasteiger partial charge in [0.1, 0.15) is 17.2 Å². The molecule has 0 fully saturated rings. The maximum Gasteiger partial charge on any atom is 0.395 e. The van der Waals surface area contributed by atoms with E-state index in [1.807, 2.05) is 30.3 Å². The Morgan fingerprint density at radius 1 is 0.800 bits per heavy atom. The number of rotatable bonds is 15. The van der Waals surface area contributed by atoms with Crippen molar-refractivity contribution in [3.05, 3.63) is 94.1 Å². The highest BCUT2D eigenvalue weighted by Crippen LogP contribution is 2.26. The minimum atomic E-state index is -4.52. The Morgan fingerprint density at radius 3 is 2.24 bits per heavy atom. The zero-order valence-electron chi connectivity index (χ0n) is 24.6. The zero-order chi connectivity index (χ0) is 32.2. The molecule has 45 heavy (non-hydrogen) atoms. The molecule has 0 aliphatic heterocycles. The minimum absolute atomic E-state index is 0.0323. The number of ketones is 1. The molecule has 0 bridgehead atoms. The molecular formula is C32H33F3N6O3S. The number of carbonyl (C=O) groups is 3. The van der Waals surface area contributed by atoms with Crippen molar-refractivity contribution >= 4 is 39.9 Å². The first-order valence-corrected chi connectivity index (χ1v) is 15.3. The first-order valence-electron chi connectivity index (χ1n) is 14.5. The molecule has 13 heteroatoms. The van der Waals surface area contributed by atoms with E-state index in [1.165, 1.54) is 11.3 Å². The Hall–Kier alpha value is -4.52. The average molecular weight is 639 g/mol. The molecule has 0 aliphatic rings. The SMILES string of the molecule is CC(CC(=O)CC(F)(F)F)c1cccc(CC(=O)Nc2ccc(CCCCc3nnc(NC(=O)Cc4ccccc4)s3)nn2)c1. The number of aromatic nitrogens is 4. The Morgan fingerprint density at radius 2 is 1.51 bits per heavy atom. The summed E-state index contributed by atoms with van der Waals surface area (Å²) in [5.41, 5.74) is 3.06. The van der Waals surface area contributed by atoms with Crippen molar-refractivity contribution in [1.29, 1.82) is 0 Å². The van der Waals surface area contributed by atoms with Crippen molar-refractivity contribution in [3.8, 4) is 0 Å². The summed E-state index contributed by atoms with van der Waals surface area (Å²) in [6, 6.07) is 19.9. The fraction of sp³-hybridized carbons (Fsp3) is 0.344. The van der Waals surface area contributed by atoms with Crippen molar-refractivity contribution in [2.24, 2.45) is 0 Å². The van der Waals surface area contributed by atoms with Crippen LogP contribution in [-0.2, 0) is 40.1 Å². The number of nitrogens with zero attached hydrogens (tertiary/aromatic N) is 4. The number of benzene rings is 2. The molecule has 2 amide bonds. The number of hydrogen-bond acceptors (Lipinski definition) is 8. The van der Waals surface area contributed by atoms with Crippen LogP contribution in [-0.4, -0.2) is 44.2 Å². The molecule has 0 aliphatic carbocycles. The van der Waals surface area contributed by atoms with Gasteiger partial charge >= 0.3 is 6.18 Å². The van der Waals surface area contributed by atoms with Crippen LogP contribution in [0, 0.1) is 0 Å². The van der Waals surface area contributed by atoms with Crippen molar-refractivity contribution in [3.63, 3.8) is 0 Å². The van der Waals surface area contributed by atoms with Gasteiger partial charge in [-0.05, 0) is 54.0 Å². The molecule has 9 nitrogen and oxygen atoms in total. The number of anilines is 2. The molecule has 0 saturated carbocycles. The quantitative estimate of drug-likeness (QED) is 0.147. The van der Waals surface area contributed by atoms with Gasteiger partial charge in [-0.15, -0.1) is 15.3 Å². The van der Waals surface area contributed by atoms with Crippen LogP contribution < -0.4 is 10.6 Å². The van der Waals surface area contributed by atoms with Gasteiger partial charge < -0.3 is 10.6 Å². The normalized spacial score (nSPS) is 12.0. The molecule has 1 unspecified atom stereocenters. The van der Waals surface area contributed by atoms with Crippen LogP contribution in [0.3, 0.4) is 0 Å². The Labute approximate surface area is 262 Å². The smallest absolute Gasteiger partial charge is 0.309 e. The second kappa shape index (κ2) is 16.0. The Bertz CT molecular complexity index is 1580. The van der Waals surface area contributed by atoms with Crippen LogP contribution in [0.1, 0.15) is 65.9 Å². The lowest BCUT2D eigenvalue weighted by molar-refractivity contribution is -0.152. The number of unbranched alkanes of at least 4 members (excludes halogenated alkanes) is 1. The number of aryl methyl sites for hydroxylation is 2. The first kappa shape index (κ1) is 33.4. The monoisotopic (exact) mass is 638 g/mol. The molecule has 4 rings (SSSR count). The van der Waals surface area contributed by atoms with Gasteiger partial charge in [0.05, 0.1) is 18.5 Å². The highest BCUT2D eigenvalue weighted by atomic mass is 32.1. The molecule has 2 heterocycles. The van der Waals surface area contributed by atoms with Crippen LogP contribution in [0.5, 0.6) is 0 Å². The predicted octanol–water partition coefficient (Wildman–Crippen LogP) is 6.27. The third kappa shape index (κ3) is 11.8. The van der Waals surface area contributed by atoms with E-state index >= 15 is 0 Å². The number of amides is 2. The topological polar surface area (TPSA) is 127 Å². The zero-order valence-corrected chi connectivity index (χ0v) is 25.5. The van der Waals surface area contributed by atoms with E-state index in [4.69, 9.17) is 0 Å². The molecule has 4 aromatic rings. The largest absolute Gasteiger partial charge is 0.395 e. The number of hydrogen-bond donors (Lipinski definition) is 2. The molecule has 236 valence electrons. The Balaban J connectivity index is 1.16. The van der Waals surface area contributed by atoms with Gasteiger partial charge in [-0.2, -0.15) is 18.3 Å². The van der Waals surface area contributed by atoms with E-state index in [9.17, 15) is 27.6 Å². The molecule has 0 spiro atoms. The Kier molecular flexibility index (Phi) is 11.9. The van der Waals surface area contributed by atoms with Crippen molar-refractivity contribution in [2.45, 2.75) is 70.4 Å². The lowest BCUT2D eigenvalue weighted by atomic mass is 9.93. The summed E-state index contributed by atoms with van der Waals surface area (Å²) in [6.07, 6.45) is -2.78. The van der Waals surface area contributed by atoms with Gasteiger partial charge in [-0.3, -0.25) is 14.4 Å². The van der Waals surface area contributed by atoms with E-state index in [-0.39, 0.29) is 31.1 Å². The lowest BCUT2D eigenvalue weighted by Gasteiger charge is -2.13. The summed E-state index contributed by atoms with van der Waals surface area (Å²) in [6.45, 7) is 1.69. The van der Waals surface area contributed by atoms with Crippen LogP contribution in [0.15, 0.2) is 66.7 Å². The summed E-state index contributed by atoms with van der Waals surface area (Å²) >= 11 is 1.36. The van der Waals surface area contributed by atoms with Gasteiger partial charge in [-0.1, -0.05) is 72.9 Å². The maximum absolute atomic E-state index is 12.6. The number of nitrogens with one attached hydrogen (secondary N) is 2. The lowest BCUT2D eigenvalue weighted by Crippen LogP contribution is -2.17. The van der Waals surface area contributed by atoms with Gasteiger partial charge in [-0.25, -0.2) is 0 Å². The van der Waals surface area contributed by atoms with E-state index < -0.39 is 24.3 Å². The molecule has 0 radical (unpaired) electrons. The molecule has 1 atom stereocenters. The summed E-state index contributed by atoms with van der Waals surface area (Å²) in [5, 5.41) is 23.3. The van der Waals surface area contributed by atoms with Gasteiger partial charge in [0, 0.05) is 12.8 Å². The first-order chi connectivity index (χ1) is 21.5. The van der Waals surface area contributed by atoms with Gasteiger partial charge in [0.2, 0.25) is 16.9 Å². The van der Waals surface area contributed by atoms with Gasteiger partial charge in [0.15, 0.2) is 5.82 Å². The highest BCUT2D eigenvalue weighted by Gasteiger charge is 2.31. The summed E-state index contributed by atoms with van der Waals surface area (Å²) in [5.74, 6) is -1.42. The second-order valence-corrected chi connectivity index (χ2v) is 11.8. The van der Waals surface area contributed by atoms with Crippen LogP contribution in [0.2, 0.25) is 0 Å². The third-order valence-corrected chi connectivity index (χ3v) is 7.70. The van der Waals surface area contributed by atoms with Crippen molar-refractivity contribution < 1.29 is 27.6 Å². The van der Waals surface area contributed by atoms with Crippen LogP contribution in [0.25, 0.3) is 0 Å². The van der Waals surface area contributed by atoms with Crippen molar-refractivity contribution in [2.75, 3.05) is 10.6 Å². The van der Waals surface area contributed by atoms with Crippen LogP contribution in [0.4, 0.5) is 24.1 Å². The number of alkyl halides is 3. The molecule has 0 saturated heterocycles. The minimum Gasteiger partial charge on any atom is -0.309 e. The van der Waals surface area contributed by atoms with E-state index in [0.717, 1.165) is 35.5 Å². The highest BCUT2D eigenvalue weighted by molar-refractivity contribution is 7.15. The summed E-state index contributed by atoms with van der Waals surface area (Å²) in [4.78, 5) is 36.5. The number of Topliss-reactive ketones (excluding diaryl/α,β-unsaturated/α-hetero) is 1. The molecule has 2 N–H and O–H groups in total. The third-order valence-electron chi connectivity index (χ3n) is 6.80. The summed E-state index contributed by atoms with van der Waals surface area (Å²) in [7, 11) is 0. The van der Waals surface area contributed by atoms with E-state index in [2.05, 4.69) is 31.0 Å². The van der Waals surface area contributed by atoms with Crippen molar-refractivity contribution in [1.82, 2.24) is 20.4 Å². The fourth-order valence-corrected chi connectivity index (χ4v) is 5.43. The maximum atomic E-state index is 12.6. The second-order valence-electron chi connectivity index (χ2n) is 10.7. The van der Waals surface area contributed by atoms with Gasteiger partial charge in [0.25, 0.3) is 0 Å². The molecule has 2 aromatic carbocycles. The number of carbonyl (C=O) groups excluding carboxylic acids is 3. The molecule has 2 aromatic heterocycles. The summed E-state index contributed by atoms with van der Waals surface area (Å²) < 4.78 is 37.4. The molecular weight excluding hydrogens is 605 g/mol. The standard InChI is InChI=1S/C32H33F3N6O3S/c1-21(16-26(42)20-32(33,34)35)24-11-7-10-23(17-24)19-28(43)36-27-15-14-25(38-39-27)12-5-6-13-30-40-41-31(45-30)37-29(44)18-22-8-3-2-4-9-22/h2-4,7-11,14-15,17,21H,5-6,12-13,16,18-20H2,1H3,(H,36,39,43)(H,37,41,44). The fourth-order valence-electron chi connectivity index (χ4n) is 4.63. The van der Waals surface area contributed by atoms with Crippen LogP contribution >= 0.6 is 11.3 Å². The predicted molar refractivity (Wildman–Crippen MR) is 165 cm³/mol.